The molecule has 238 valence electrons. The van der Waals surface area contributed by atoms with Crippen LogP contribution in [0.4, 0.5) is 0 Å². The molecule has 0 unspecified atom stereocenters. The molecule has 0 radical (unpaired) electrons. The van der Waals surface area contributed by atoms with Crippen LogP contribution in [-0.2, 0) is 5.41 Å². The second-order valence-electron chi connectivity index (χ2n) is 11.8. The molecule has 6 aromatic carbocycles. The largest absolute Gasteiger partial charge is 0.497 e. The first-order valence-electron chi connectivity index (χ1n) is 15.7. The van der Waals surface area contributed by atoms with Gasteiger partial charge in [0.15, 0.2) is 0 Å². The normalized spacial score (nSPS) is 12.4. The molecule has 0 bridgehead atoms. The summed E-state index contributed by atoms with van der Waals surface area (Å²) in [4.78, 5) is 54.2. The number of carbonyl (C=O) groups is 4. The van der Waals surface area contributed by atoms with E-state index in [0.717, 1.165) is 33.4 Å². The maximum absolute atomic E-state index is 13.8. The van der Waals surface area contributed by atoms with Gasteiger partial charge in [-0.05, 0) is 69.8 Å². The molecule has 1 aliphatic carbocycles. The Labute approximate surface area is 283 Å². The molecule has 0 atom stereocenters. The third kappa shape index (κ3) is 5.24. The summed E-state index contributed by atoms with van der Waals surface area (Å²) in [6, 6.07) is 42.8. The molecular formula is C43H30O6. The van der Waals surface area contributed by atoms with Crippen LogP contribution in [0.25, 0.3) is 11.1 Å². The summed E-state index contributed by atoms with van der Waals surface area (Å²) in [6.45, 7) is 0. The zero-order chi connectivity index (χ0) is 34.1. The molecule has 6 heteroatoms. The highest BCUT2D eigenvalue weighted by molar-refractivity contribution is 6.50. The van der Waals surface area contributed by atoms with Crippen LogP contribution in [0.1, 0.15) is 63.7 Å². The number of methoxy groups -OCH3 is 2. The van der Waals surface area contributed by atoms with Crippen LogP contribution in [0.15, 0.2) is 146 Å². The topological polar surface area (TPSA) is 86.7 Å². The Balaban J connectivity index is 1.48. The van der Waals surface area contributed by atoms with Crippen LogP contribution < -0.4 is 9.47 Å². The van der Waals surface area contributed by atoms with Crippen molar-refractivity contribution in [3.63, 3.8) is 0 Å². The molecule has 0 heterocycles. The van der Waals surface area contributed by atoms with E-state index >= 15 is 0 Å². The van der Waals surface area contributed by atoms with Crippen molar-refractivity contribution in [1.82, 2.24) is 0 Å². The van der Waals surface area contributed by atoms with Gasteiger partial charge in [-0.2, -0.15) is 0 Å². The molecule has 0 fully saturated rings. The lowest BCUT2D eigenvalue weighted by atomic mass is 9.67. The third-order valence-electron chi connectivity index (χ3n) is 9.19. The number of ether oxygens (including phenoxy) is 2. The summed E-state index contributed by atoms with van der Waals surface area (Å²) >= 11 is 0. The molecule has 6 aromatic rings. The van der Waals surface area contributed by atoms with Crippen LogP contribution in [0.2, 0.25) is 0 Å². The summed E-state index contributed by atoms with van der Waals surface area (Å²) in [5.41, 5.74) is 4.85. The van der Waals surface area contributed by atoms with Gasteiger partial charge in [0.1, 0.15) is 11.5 Å². The molecule has 0 aromatic heterocycles. The summed E-state index contributed by atoms with van der Waals surface area (Å²) in [5.74, 6) is -1.17. The van der Waals surface area contributed by atoms with Gasteiger partial charge in [0.05, 0.1) is 19.6 Å². The van der Waals surface area contributed by atoms with Gasteiger partial charge in [-0.25, -0.2) is 0 Å². The van der Waals surface area contributed by atoms with E-state index in [4.69, 9.17) is 9.47 Å². The van der Waals surface area contributed by atoms with Crippen LogP contribution in [0, 0.1) is 0 Å². The van der Waals surface area contributed by atoms with E-state index in [1.165, 1.54) is 0 Å². The number of carbonyl (C=O) groups excluding carboxylic acids is 4. The van der Waals surface area contributed by atoms with Crippen LogP contribution in [0.5, 0.6) is 11.5 Å². The van der Waals surface area contributed by atoms with Crippen molar-refractivity contribution in [2.75, 3.05) is 14.2 Å². The van der Waals surface area contributed by atoms with Crippen molar-refractivity contribution in [2.24, 2.45) is 0 Å². The van der Waals surface area contributed by atoms with Gasteiger partial charge in [-0.3, -0.25) is 19.2 Å². The highest BCUT2D eigenvalue weighted by Gasteiger charge is 2.47. The van der Waals surface area contributed by atoms with Gasteiger partial charge in [0, 0.05) is 22.3 Å². The molecule has 7 rings (SSSR count). The third-order valence-corrected chi connectivity index (χ3v) is 9.19. The van der Waals surface area contributed by atoms with Crippen molar-refractivity contribution in [1.29, 1.82) is 0 Å². The van der Waals surface area contributed by atoms with E-state index in [0.29, 0.717) is 22.6 Å². The van der Waals surface area contributed by atoms with Crippen molar-refractivity contribution >= 4 is 23.1 Å². The second-order valence-corrected chi connectivity index (χ2v) is 11.8. The molecule has 0 aliphatic heterocycles. The Morgan fingerprint density at radius 3 is 1.10 bits per heavy atom. The predicted molar refractivity (Wildman–Crippen MR) is 187 cm³/mol. The van der Waals surface area contributed by atoms with Gasteiger partial charge < -0.3 is 9.47 Å². The van der Waals surface area contributed by atoms with E-state index in [1.807, 2.05) is 60.7 Å². The SMILES string of the molecule is COc1ccc(C2(c3ccc(OC)cc3)c3cc(C(=O)C(=O)c4ccccc4)ccc3-c3ccc(C(=O)C(=O)c4ccccc4)cc32)cc1. The first-order chi connectivity index (χ1) is 23.9. The number of hydrogen-bond acceptors (Lipinski definition) is 6. The fourth-order valence-electron chi connectivity index (χ4n) is 6.78. The highest BCUT2D eigenvalue weighted by atomic mass is 16.5. The molecule has 1 aliphatic rings. The summed E-state index contributed by atoms with van der Waals surface area (Å²) < 4.78 is 11.0. The lowest BCUT2D eigenvalue weighted by Crippen LogP contribution is -2.29. The average Bonchev–Trinajstić information content (AvgIpc) is 3.47. The van der Waals surface area contributed by atoms with E-state index in [1.54, 1.807) is 99.1 Å². The van der Waals surface area contributed by atoms with Crippen LogP contribution >= 0.6 is 0 Å². The van der Waals surface area contributed by atoms with Gasteiger partial charge in [-0.1, -0.05) is 109 Å². The summed E-state index contributed by atoms with van der Waals surface area (Å²) in [7, 11) is 3.19. The van der Waals surface area contributed by atoms with Gasteiger partial charge >= 0.3 is 0 Å². The Kier molecular flexibility index (Phi) is 8.06. The molecular weight excluding hydrogens is 612 g/mol. The lowest BCUT2D eigenvalue weighted by Gasteiger charge is -2.34. The maximum Gasteiger partial charge on any atom is 0.233 e. The minimum absolute atomic E-state index is 0.238. The van der Waals surface area contributed by atoms with Crippen molar-refractivity contribution in [3.05, 3.63) is 190 Å². The lowest BCUT2D eigenvalue weighted by molar-refractivity contribution is 0.0817. The van der Waals surface area contributed by atoms with E-state index in [9.17, 15) is 19.2 Å². The number of rotatable bonds is 10. The maximum atomic E-state index is 13.8. The Morgan fingerprint density at radius 2 is 0.755 bits per heavy atom. The minimum atomic E-state index is -1.07. The standard InChI is InChI=1S/C43H30O6/c1-48-33-19-15-31(16-20-33)43(32-17-21-34(49-2)22-18-32)37-25-29(41(46)39(44)27-9-5-3-6-10-27)13-23-35(37)36-24-14-30(26-38(36)43)42(47)40(45)28-11-7-4-8-12-28/h3-26H,1-2H3. The number of hydrogen-bond donors (Lipinski definition) is 0. The molecule has 0 amide bonds. The van der Waals surface area contributed by atoms with E-state index < -0.39 is 28.5 Å². The minimum Gasteiger partial charge on any atom is -0.497 e. The molecule has 49 heavy (non-hydrogen) atoms. The Bertz CT molecular complexity index is 2070. The molecule has 0 spiro atoms. The average molecular weight is 643 g/mol. The monoisotopic (exact) mass is 642 g/mol. The van der Waals surface area contributed by atoms with Crippen molar-refractivity contribution in [2.45, 2.75) is 5.41 Å². The van der Waals surface area contributed by atoms with E-state index in [-0.39, 0.29) is 11.1 Å². The zero-order valence-electron chi connectivity index (χ0n) is 26.8. The molecule has 0 saturated heterocycles. The highest BCUT2D eigenvalue weighted by Crippen LogP contribution is 2.57. The number of fused-ring (bicyclic) bond motifs is 3. The number of benzene rings is 6. The van der Waals surface area contributed by atoms with Gasteiger partial charge in [-0.15, -0.1) is 0 Å². The first-order valence-corrected chi connectivity index (χ1v) is 15.7. The van der Waals surface area contributed by atoms with Gasteiger partial charge in [0.25, 0.3) is 0 Å². The zero-order valence-corrected chi connectivity index (χ0v) is 26.8. The fourth-order valence-corrected chi connectivity index (χ4v) is 6.78. The Morgan fingerprint density at radius 1 is 0.408 bits per heavy atom. The summed E-state index contributed by atoms with van der Waals surface area (Å²) in [6.07, 6.45) is 0. The van der Waals surface area contributed by atoms with Crippen molar-refractivity contribution < 1.29 is 28.7 Å². The smallest absolute Gasteiger partial charge is 0.233 e. The number of Topliss-reactive ketones (excluding diaryl/α,β-unsaturated/α-hetero) is 4. The quantitative estimate of drug-likeness (QED) is 0.110. The number of ketones is 4. The molecule has 0 N–H and O–H groups in total. The van der Waals surface area contributed by atoms with E-state index in [2.05, 4.69) is 0 Å². The predicted octanol–water partition coefficient (Wildman–Crippen LogP) is 8.20. The van der Waals surface area contributed by atoms with Crippen LogP contribution in [0.3, 0.4) is 0 Å². The second kappa shape index (κ2) is 12.7. The molecule has 6 nitrogen and oxygen atoms in total. The van der Waals surface area contributed by atoms with Crippen molar-refractivity contribution in [3.8, 4) is 22.6 Å². The van der Waals surface area contributed by atoms with Gasteiger partial charge in [0.2, 0.25) is 23.1 Å². The fraction of sp³-hybridized carbons (Fsp3) is 0.0698. The first kappa shape index (κ1) is 31.2. The Hall–Kier alpha value is -6.40. The summed E-state index contributed by atoms with van der Waals surface area (Å²) in [5, 5.41) is 0. The van der Waals surface area contributed by atoms with Crippen LogP contribution in [-0.4, -0.2) is 37.4 Å². The molecule has 0 saturated carbocycles.